The predicted molar refractivity (Wildman–Crippen MR) is 71.6 cm³/mol. The number of carbonyl (C=O) groups excluding carboxylic acids is 1. The van der Waals surface area contributed by atoms with E-state index >= 15 is 0 Å². The van der Waals surface area contributed by atoms with E-state index in [1.54, 1.807) is 17.4 Å². The minimum Gasteiger partial charge on any atom is -0.289 e. The van der Waals surface area contributed by atoms with Crippen molar-refractivity contribution < 1.29 is 4.79 Å². The van der Waals surface area contributed by atoms with E-state index in [-0.39, 0.29) is 5.78 Å². The van der Waals surface area contributed by atoms with Crippen molar-refractivity contribution in [1.29, 1.82) is 0 Å². The maximum absolute atomic E-state index is 11.8. The fourth-order valence-electron chi connectivity index (χ4n) is 1.99. The molecule has 0 saturated carbocycles. The van der Waals surface area contributed by atoms with Gasteiger partial charge < -0.3 is 0 Å². The molecule has 0 fully saturated rings. The molecule has 1 aliphatic rings. The van der Waals surface area contributed by atoms with Crippen molar-refractivity contribution in [2.75, 3.05) is 5.75 Å². The van der Waals surface area contributed by atoms with E-state index in [0.29, 0.717) is 0 Å². The Bertz CT molecular complexity index is 608. The standard InChI is InChI=1S/C13H10OS2/c1-2-15-13-9-6-7-10(14)8-4-3-5-11(16-13)12(8)9/h3-7H,2H2,1H3. The van der Waals surface area contributed by atoms with Crippen molar-refractivity contribution in [3.63, 3.8) is 0 Å². The van der Waals surface area contributed by atoms with Crippen molar-refractivity contribution in [3.8, 4) is 0 Å². The second kappa shape index (κ2) is 3.75. The number of hydrogen-bond acceptors (Lipinski definition) is 3. The zero-order valence-electron chi connectivity index (χ0n) is 8.82. The minimum absolute atomic E-state index is 0.129. The van der Waals surface area contributed by atoms with Crippen molar-refractivity contribution in [2.24, 2.45) is 0 Å². The Morgan fingerprint density at radius 2 is 2.19 bits per heavy atom. The monoisotopic (exact) mass is 246 g/mol. The van der Waals surface area contributed by atoms with Gasteiger partial charge in [-0.2, -0.15) is 0 Å². The van der Waals surface area contributed by atoms with Gasteiger partial charge >= 0.3 is 0 Å². The number of hydrogen-bond donors (Lipinski definition) is 0. The van der Waals surface area contributed by atoms with Gasteiger partial charge in [0.2, 0.25) is 0 Å². The largest absolute Gasteiger partial charge is 0.289 e. The first-order chi connectivity index (χ1) is 7.81. The minimum atomic E-state index is 0.129. The van der Waals surface area contributed by atoms with Gasteiger partial charge in [0, 0.05) is 21.2 Å². The van der Waals surface area contributed by atoms with E-state index in [0.717, 1.165) is 16.7 Å². The molecule has 1 aromatic heterocycles. The summed E-state index contributed by atoms with van der Waals surface area (Å²) in [5, 5.41) is 1.15. The Balaban J connectivity index is 2.37. The van der Waals surface area contributed by atoms with Crippen LogP contribution in [0.3, 0.4) is 0 Å². The zero-order valence-corrected chi connectivity index (χ0v) is 10.5. The van der Waals surface area contributed by atoms with Crippen LogP contribution in [0.5, 0.6) is 0 Å². The average Bonchev–Trinajstić information content (AvgIpc) is 2.64. The van der Waals surface area contributed by atoms with Crippen LogP contribution in [-0.2, 0) is 0 Å². The molecule has 80 valence electrons. The third-order valence-electron chi connectivity index (χ3n) is 2.66. The highest BCUT2D eigenvalue weighted by molar-refractivity contribution is 8.01. The van der Waals surface area contributed by atoms with Gasteiger partial charge in [-0.25, -0.2) is 0 Å². The molecule has 0 atom stereocenters. The van der Waals surface area contributed by atoms with Crippen LogP contribution in [0.2, 0.25) is 0 Å². The van der Waals surface area contributed by atoms with Gasteiger partial charge in [0.1, 0.15) is 0 Å². The number of rotatable bonds is 2. The lowest BCUT2D eigenvalue weighted by Crippen LogP contribution is -1.99. The molecule has 2 aromatic rings. The van der Waals surface area contributed by atoms with Gasteiger partial charge in [0.05, 0.1) is 4.21 Å². The zero-order chi connectivity index (χ0) is 11.1. The number of thioether (sulfide) groups is 1. The Morgan fingerprint density at radius 3 is 3.00 bits per heavy atom. The van der Waals surface area contributed by atoms with Gasteiger partial charge in [0.15, 0.2) is 5.78 Å². The fourth-order valence-corrected chi connectivity index (χ4v) is 4.39. The van der Waals surface area contributed by atoms with E-state index in [9.17, 15) is 4.79 Å². The van der Waals surface area contributed by atoms with E-state index < -0.39 is 0 Å². The lowest BCUT2D eigenvalue weighted by Gasteiger charge is -2.06. The molecule has 16 heavy (non-hydrogen) atoms. The Labute approximate surface area is 102 Å². The third kappa shape index (κ3) is 1.35. The summed E-state index contributed by atoms with van der Waals surface area (Å²) >= 11 is 3.64. The molecule has 0 spiro atoms. The SMILES string of the molecule is CCSc1sc2cccc3c2c1C=CC3=O. The summed E-state index contributed by atoms with van der Waals surface area (Å²) in [6, 6.07) is 5.99. The van der Waals surface area contributed by atoms with Crippen LogP contribution in [0, 0.1) is 0 Å². The van der Waals surface area contributed by atoms with Crippen LogP contribution in [0.15, 0.2) is 28.5 Å². The first kappa shape index (κ1) is 10.1. The van der Waals surface area contributed by atoms with E-state index in [1.165, 1.54) is 14.5 Å². The van der Waals surface area contributed by atoms with Crippen LogP contribution >= 0.6 is 23.1 Å². The fraction of sp³-hybridized carbons (Fsp3) is 0.154. The lowest BCUT2D eigenvalue weighted by atomic mass is 9.98. The van der Waals surface area contributed by atoms with Crippen molar-refractivity contribution >= 4 is 45.0 Å². The summed E-state index contributed by atoms with van der Waals surface area (Å²) in [5.41, 5.74) is 2.09. The molecular formula is C13H10OS2. The van der Waals surface area contributed by atoms with Gasteiger partial charge in [-0.05, 0) is 24.0 Å². The molecular weight excluding hydrogens is 236 g/mol. The molecule has 0 unspecified atom stereocenters. The molecule has 1 nitrogen and oxygen atoms in total. The molecule has 3 rings (SSSR count). The molecule has 0 N–H and O–H groups in total. The van der Waals surface area contributed by atoms with Crippen molar-refractivity contribution in [2.45, 2.75) is 11.1 Å². The Morgan fingerprint density at radius 1 is 1.31 bits per heavy atom. The predicted octanol–water partition coefficient (Wildman–Crippen LogP) is 4.22. The average molecular weight is 246 g/mol. The van der Waals surface area contributed by atoms with Crippen LogP contribution in [0.1, 0.15) is 22.8 Å². The first-order valence-corrected chi connectivity index (χ1v) is 7.02. The molecule has 0 amide bonds. The van der Waals surface area contributed by atoms with E-state index in [4.69, 9.17) is 0 Å². The maximum atomic E-state index is 11.8. The third-order valence-corrected chi connectivity index (χ3v) is 5.00. The second-order valence-corrected chi connectivity index (χ2v) is 6.20. The van der Waals surface area contributed by atoms with Gasteiger partial charge in [0.25, 0.3) is 0 Å². The molecule has 0 saturated heterocycles. The summed E-state index contributed by atoms with van der Waals surface area (Å²) in [7, 11) is 0. The number of ketones is 1. The Hall–Kier alpha value is -1.06. The van der Waals surface area contributed by atoms with Gasteiger partial charge in [-0.1, -0.05) is 19.1 Å². The summed E-state index contributed by atoms with van der Waals surface area (Å²) in [6.45, 7) is 2.15. The van der Waals surface area contributed by atoms with Gasteiger partial charge in [-0.15, -0.1) is 23.1 Å². The normalized spacial score (nSPS) is 13.7. The molecule has 1 heterocycles. The second-order valence-electron chi connectivity index (χ2n) is 3.61. The Kier molecular flexibility index (Phi) is 2.37. The molecule has 0 aliphatic heterocycles. The van der Waals surface area contributed by atoms with Gasteiger partial charge in [-0.3, -0.25) is 4.79 Å². The first-order valence-electron chi connectivity index (χ1n) is 5.22. The van der Waals surface area contributed by atoms with E-state index in [1.807, 2.05) is 30.0 Å². The number of allylic oxidation sites excluding steroid dienone is 1. The van der Waals surface area contributed by atoms with Crippen LogP contribution in [0.25, 0.3) is 16.2 Å². The van der Waals surface area contributed by atoms with Crippen LogP contribution in [0.4, 0.5) is 0 Å². The maximum Gasteiger partial charge on any atom is 0.186 e. The summed E-state index contributed by atoms with van der Waals surface area (Å²) in [5.74, 6) is 1.20. The molecule has 1 aliphatic carbocycles. The van der Waals surface area contributed by atoms with Crippen LogP contribution in [-0.4, -0.2) is 11.5 Å². The molecule has 3 heteroatoms. The number of thiophene rings is 1. The topological polar surface area (TPSA) is 17.1 Å². The summed E-state index contributed by atoms with van der Waals surface area (Å²) < 4.78 is 2.55. The van der Waals surface area contributed by atoms with Crippen molar-refractivity contribution in [3.05, 3.63) is 35.4 Å². The highest BCUT2D eigenvalue weighted by Gasteiger charge is 2.19. The highest BCUT2D eigenvalue weighted by atomic mass is 32.2. The number of carbonyl (C=O) groups is 1. The highest BCUT2D eigenvalue weighted by Crippen LogP contribution is 2.42. The number of benzene rings is 1. The van der Waals surface area contributed by atoms with Crippen LogP contribution < -0.4 is 0 Å². The van der Waals surface area contributed by atoms with Crippen molar-refractivity contribution in [1.82, 2.24) is 0 Å². The van der Waals surface area contributed by atoms with E-state index in [2.05, 4.69) is 13.0 Å². The smallest absolute Gasteiger partial charge is 0.186 e. The molecule has 1 aromatic carbocycles. The molecule has 0 radical (unpaired) electrons. The molecule has 0 bridgehead atoms. The summed E-state index contributed by atoms with van der Waals surface area (Å²) in [4.78, 5) is 11.8. The summed E-state index contributed by atoms with van der Waals surface area (Å²) in [6.07, 6.45) is 3.65. The quantitative estimate of drug-likeness (QED) is 0.738. The lowest BCUT2D eigenvalue weighted by molar-refractivity contribution is 0.104.